The van der Waals surface area contributed by atoms with Gasteiger partial charge in [0.25, 0.3) is 0 Å². The maximum atomic E-state index is 8.80. The Bertz CT molecular complexity index is 393. The van der Waals surface area contributed by atoms with Gasteiger partial charge in [0.05, 0.1) is 5.56 Å². The summed E-state index contributed by atoms with van der Waals surface area (Å²) in [6.45, 7) is 7.55. The van der Waals surface area contributed by atoms with Crippen LogP contribution in [0.1, 0.15) is 12.5 Å². The van der Waals surface area contributed by atoms with Gasteiger partial charge in [-0.15, -0.1) is 6.58 Å². The molecule has 0 aliphatic heterocycles. The number of nitriles is 1. The summed E-state index contributed by atoms with van der Waals surface area (Å²) in [5.74, 6) is 0. The van der Waals surface area contributed by atoms with E-state index in [4.69, 9.17) is 5.26 Å². The topological polar surface area (TPSA) is 27.0 Å². The Labute approximate surface area is 99.0 Å². The van der Waals surface area contributed by atoms with E-state index in [1.165, 1.54) is 0 Å². The molecule has 0 radical (unpaired) electrons. The van der Waals surface area contributed by atoms with E-state index in [2.05, 4.69) is 40.4 Å². The molecule has 0 atom stereocenters. The molecule has 0 aliphatic carbocycles. The van der Waals surface area contributed by atoms with Crippen LogP contribution in [0.5, 0.6) is 0 Å². The van der Waals surface area contributed by atoms with Crippen molar-refractivity contribution >= 4 is 21.6 Å². The minimum Gasteiger partial charge on any atom is -0.368 e. The van der Waals surface area contributed by atoms with Crippen molar-refractivity contribution in [3.05, 3.63) is 40.9 Å². The van der Waals surface area contributed by atoms with Crippen LogP contribution in [0.4, 0.5) is 5.69 Å². The standard InChI is InChI=1S/C12H13BrN2/c1-3-7-15(4-2)11-6-5-10(9-14)12(13)8-11/h3,5-6,8H,1,4,7H2,2H3. The zero-order valence-corrected chi connectivity index (χ0v) is 10.3. The number of nitrogens with zero attached hydrogens (tertiary/aromatic N) is 2. The fourth-order valence-electron chi connectivity index (χ4n) is 1.36. The lowest BCUT2D eigenvalue weighted by atomic mass is 10.2. The number of halogens is 1. The Hall–Kier alpha value is -1.27. The number of anilines is 1. The molecule has 1 aromatic carbocycles. The van der Waals surface area contributed by atoms with Crippen LogP contribution in [0.2, 0.25) is 0 Å². The maximum Gasteiger partial charge on any atom is 0.100 e. The molecule has 0 bridgehead atoms. The normalized spacial score (nSPS) is 9.40. The van der Waals surface area contributed by atoms with Crippen molar-refractivity contribution in [2.45, 2.75) is 6.92 Å². The smallest absolute Gasteiger partial charge is 0.100 e. The van der Waals surface area contributed by atoms with Crippen LogP contribution < -0.4 is 4.90 Å². The highest BCUT2D eigenvalue weighted by molar-refractivity contribution is 9.10. The molecule has 2 nitrogen and oxygen atoms in total. The third-order valence-corrected chi connectivity index (χ3v) is 2.83. The van der Waals surface area contributed by atoms with Crippen LogP contribution >= 0.6 is 15.9 Å². The van der Waals surface area contributed by atoms with Crippen molar-refractivity contribution in [1.29, 1.82) is 5.26 Å². The summed E-state index contributed by atoms with van der Waals surface area (Å²) >= 11 is 3.38. The summed E-state index contributed by atoms with van der Waals surface area (Å²) in [6.07, 6.45) is 1.87. The van der Waals surface area contributed by atoms with Crippen molar-refractivity contribution in [2.24, 2.45) is 0 Å². The van der Waals surface area contributed by atoms with Crippen molar-refractivity contribution in [1.82, 2.24) is 0 Å². The van der Waals surface area contributed by atoms with Gasteiger partial charge >= 0.3 is 0 Å². The predicted octanol–water partition coefficient (Wildman–Crippen LogP) is 3.33. The first kappa shape index (κ1) is 11.8. The van der Waals surface area contributed by atoms with Gasteiger partial charge in [-0.1, -0.05) is 6.08 Å². The van der Waals surface area contributed by atoms with Gasteiger partial charge in [0.1, 0.15) is 6.07 Å². The summed E-state index contributed by atoms with van der Waals surface area (Å²) in [6, 6.07) is 7.87. The molecule has 0 spiro atoms. The summed E-state index contributed by atoms with van der Waals surface area (Å²) in [5.41, 5.74) is 1.76. The van der Waals surface area contributed by atoms with Gasteiger partial charge < -0.3 is 4.90 Å². The predicted molar refractivity (Wildman–Crippen MR) is 66.9 cm³/mol. The first-order valence-corrected chi connectivity index (χ1v) is 5.57. The Morgan fingerprint density at radius 1 is 1.60 bits per heavy atom. The van der Waals surface area contributed by atoms with Gasteiger partial charge in [-0.2, -0.15) is 5.26 Å². The van der Waals surface area contributed by atoms with Crippen LogP contribution in [-0.2, 0) is 0 Å². The fraction of sp³-hybridized carbons (Fsp3) is 0.250. The van der Waals surface area contributed by atoms with Gasteiger partial charge in [0.15, 0.2) is 0 Å². The fourth-order valence-corrected chi connectivity index (χ4v) is 1.82. The average Bonchev–Trinajstić information content (AvgIpc) is 2.25. The number of rotatable bonds is 4. The maximum absolute atomic E-state index is 8.80. The van der Waals surface area contributed by atoms with Crippen molar-refractivity contribution < 1.29 is 0 Å². The summed E-state index contributed by atoms with van der Waals surface area (Å²) in [4.78, 5) is 2.18. The average molecular weight is 265 g/mol. The minimum absolute atomic E-state index is 0.661. The molecular formula is C12H13BrN2. The van der Waals surface area contributed by atoms with Crippen LogP contribution in [-0.4, -0.2) is 13.1 Å². The number of hydrogen-bond acceptors (Lipinski definition) is 2. The van der Waals surface area contributed by atoms with Crippen LogP contribution in [0.3, 0.4) is 0 Å². The molecule has 1 aromatic rings. The van der Waals surface area contributed by atoms with E-state index in [0.717, 1.165) is 23.2 Å². The van der Waals surface area contributed by atoms with E-state index in [1.807, 2.05) is 24.3 Å². The highest BCUT2D eigenvalue weighted by Crippen LogP contribution is 2.23. The lowest BCUT2D eigenvalue weighted by molar-refractivity contribution is 0.906. The zero-order valence-electron chi connectivity index (χ0n) is 8.70. The van der Waals surface area contributed by atoms with Gasteiger partial charge in [0, 0.05) is 23.2 Å². The van der Waals surface area contributed by atoms with Crippen molar-refractivity contribution in [3.8, 4) is 6.07 Å². The van der Waals surface area contributed by atoms with Gasteiger partial charge in [-0.05, 0) is 41.1 Å². The SMILES string of the molecule is C=CCN(CC)c1ccc(C#N)c(Br)c1. The van der Waals surface area contributed by atoms with E-state index in [0.29, 0.717) is 5.56 Å². The highest BCUT2D eigenvalue weighted by atomic mass is 79.9. The molecule has 0 aromatic heterocycles. The molecule has 15 heavy (non-hydrogen) atoms. The molecule has 78 valence electrons. The van der Waals surface area contributed by atoms with Gasteiger partial charge in [0.2, 0.25) is 0 Å². The largest absolute Gasteiger partial charge is 0.368 e. The monoisotopic (exact) mass is 264 g/mol. The number of hydrogen-bond donors (Lipinski definition) is 0. The molecule has 0 heterocycles. The van der Waals surface area contributed by atoms with E-state index in [9.17, 15) is 0 Å². The first-order chi connectivity index (χ1) is 7.22. The molecule has 0 amide bonds. The van der Waals surface area contributed by atoms with Crippen molar-refractivity contribution in [3.63, 3.8) is 0 Å². The Morgan fingerprint density at radius 2 is 2.33 bits per heavy atom. The molecular weight excluding hydrogens is 252 g/mol. The van der Waals surface area contributed by atoms with Gasteiger partial charge in [-0.25, -0.2) is 0 Å². The van der Waals surface area contributed by atoms with Crippen LogP contribution in [0.25, 0.3) is 0 Å². The molecule has 0 N–H and O–H groups in total. The van der Waals surface area contributed by atoms with Crippen LogP contribution in [0, 0.1) is 11.3 Å². The second-order valence-corrected chi connectivity index (χ2v) is 3.96. The number of benzene rings is 1. The minimum atomic E-state index is 0.661. The molecule has 0 unspecified atom stereocenters. The summed E-state index contributed by atoms with van der Waals surface area (Å²) in [5, 5.41) is 8.80. The molecule has 0 saturated carbocycles. The summed E-state index contributed by atoms with van der Waals surface area (Å²) in [7, 11) is 0. The quantitative estimate of drug-likeness (QED) is 0.781. The second kappa shape index (κ2) is 5.57. The Kier molecular flexibility index (Phi) is 4.38. The van der Waals surface area contributed by atoms with Crippen molar-refractivity contribution in [2.75, 3.05) is 18.0 Å². The van der Waals surface area contributed by atoms with E-state index < -0.39 is 0 Å². The molecule has 0 fully saturated rings. The lowest BCUT2D eigenvalue weighted by Crippen LogP contribution is -2.22. The highest BCUT2D eigenvalue weighted by Gasteiger charge is 2.05. The third kappa shape index (κ3) is 2.84. The Morgan fingerprint density at radius 3 is 2.80 bits per heavy atom. The van der Waals surface area contributed by atoms with E-state index >= 15 is 0 Å². The Balaban J connectivity index is 3.00. The van der Waals surface area contributed by atoms with Gasteiger partial charge in [-0.3, -0.25) is 0 Å². The molecule has 3 heteroatoms. The third-order valence-electron chi connectivity index (χ3n) is 2.17. The second-order valence-electron chi connectivity index (χ2n) is 3.10. The molecule has 0 saturated heterocycles. The molecule has 1 rings (SSSR count). The van der Waals surface area contributed by atoms with Crippen LogP contribution in [0.15, 0.2) is 35.3 Å². The molecule has 0 aliphatic rings. The number of likely N-dealkylation sites (N-methyl/N-ethyl adjacent to an activating group) is 1. The van der Waals surface area contributed by atoms with E-state index in [-0.39, 0.29) is 0 Å². The first-order valence-electron chi connectivity index (χ1n) is 4.78. The lowest BCUT2D eigenvalue weighted by Gasteiger charge is -2.21. The van der Waals surface area contributed by atoms with E-state index in [1.54, 1.807) is 0 Å². The summed E-state index contributed by atoms with van der Waals surface area (Å²) < 4.78 is 0.838. The zero-order chi connectivity index (χ0) is 11.3.